The van der Waals surface area contributed by atoms with Gasteiger partial charge in [-0.2, -0.15) is 0 Å². The molecule has 0 aromatic carbocycles. The molecule has 3 aliphatic heterocycles. The zero-order valence-corrected chi connectivity index (χ0v) is 33.1. The van der Waals surface area contributed by atoms with E-state index in [1.807, 2.05) is 20.8 Å². The van der Waals surface area contributed by atoms with Crippen LogP contribution < -0.4 is 0 Å². The van der Waals surface area contributed by atoms with Gasteiger partial charge in [0.1, 0.15) is 73.2 Å². The highest BCUT2D eigenvalue weighted by atomic mass is 31.2. The molecule has 326 valence electrons. The largest absolute Gasteiger partial charge is 0.387 e. The first-order valence-corrected chi connectivity index (χ1v) is 20.5. The maximum atomic E-state index is 11.9. The molecule has 3 fully saturated rings. The van der Waals surface area contributed by atoms with Gasteiger partial charge < -0.3 is 93.3 Å². The molecule has 0 radical (unpaired) electrons. The Morgan fingerprint density at radius 2 is 0.927 bits per heavy atom. The minimum absolute atomic E-state index is 0.0415. The van der Waals surface area contributed by atoms with Crippen molar-refractivity contribution in [2.45, 2.75) is 170 Å². The van der Waals surface area contributed by atoms with Crippen molar-refractivity contribution in [3.63, 3.8) is 0 Å². The molecule has 10 N–H and O–H groups in total. The maximum Gasteiger partial charge on any atom is 0.330 e. The van der Waals surface area contributed by atoms with E-state index >= 15 is 0 Å². The van der Waals surface area contributed by atoms with Gasteiger partial charge in [0.25, 0.3) is 0 Å². The van der Waals surface area contributed by atoms with Gasteiger partial charge in [-0.25, -0.2) is 0 Å². The van der Waals surface area contributed by atoms with Gasteiger partial charge in [-0.05, 0) is 52.9 Å². The lowest BCUT2D eigenvalue weighted by atomic mass is 9.98. The Labute approximate surface area is 321 Å². The van der Waals surface area contributed by atoms with Crippen LogP contribution in [0.3, 0.4) is 0 Å². The summed E-state index contributed by atoms with van der Waals surface area (Å²) in [6.45, 7) is 8.68. The number of hydrogen-bond donors (Lipinski definition) is 10. The first kappa shape index (κ1) is 48.8. The van der Waals surface area contributed by atoms with Crippen LogP contribution in [0.15, 0.2) is 0 Å². The lowest BCUT2D eigenvalue weighted by Gasteiger charge is -2.44. The van der Waals surface area contributed by atoms with Gasteiger partial charge in [0.2, 0.25) is 0 Å². The summed E-state index contributed by atoms with van der Waals surface area (Å²) in [5, 5.41) is 94.6. The number of aliphatic hydroxyl groups is 9. The van der Waals surface area contributed by atoms with Crippen molar-refractivity contribution in [3.8, 4) is 0 Å². The summed E-state index contributed by atoms with van der Waals surface area (Å²) < 4.78 is 61.9. The Morgan fingerprint density at radius 1 is 0.527 bits per heavy atom. The van der Waals surface area contributed by atoms with Gasteiger partial charge in [0.15, 0.2) is 18.9 Å². The Balaban J connectivity index is 1.47. The van der Waals surface area contributed by atoms with Crippen molar-refractivity contribution in [2.24, 2.45) is 0 Å². The molecule has 0 amide bonds. The molecule has 3 aliphatic rings. The first-order valence-electron chi connectivity index (χ1n) is 18.9. The quantitative estimate of drug-likeness (QED) is 0.0411. The molecule has 0 bridgehead atoms. The van der Waals surface area contributed by atoms with Crippen LogP contribution in [-0.4, -0.2) is 200 Å². The van der Waals surface area contributed by atoms with Crippen LogP contribution in [0.1, 0.15) is 66.7 Å². The van der Waals surface area contributed by atoms with Crippen LogP contribution in [0.5, 0.6) is 0 Å². The third-order valence-electron chi connectivity index (χ3n) is 9.35. The average molecular weight is 825 g/mol. The summed E-state index contributed by atoms with van der Waals surface area (Å²) in [4.78, 5) is 9.72. The molecule has 0 spiro atoms. The molecule has 20 nitrogen and oxygen atoms in total. The van der Waals surface area contributed by atoms with E-state index in [1.165, 1.54) is 0 Å². The van der Waals surface area contributed by atoms with Crippen LogP contribution in [0.2, 0.25) is 0 Å². The second-order valence-electron chi connectivity index (χ2n) is 15.4. The molecular formula is C34H65O20P. The van der Waals surface area contributed by atoms with Gasteiger partial charge in [-0.15, -0.1) is 0 Å². The zero-order valence-electron chi connectivity index (χ0n) is 32.2. The Morgan fingerprint density at radius 3 is 1.38 bits per heavy atom. The molecule has 3 heterocycles. The Kier molecular flexibility index (Phi) is 20.2. The Hall–Kier alpha value is -0.530. The van der Waals surface area contributed by atoms with Crippen LogP contribution in [0.4, 0.5) is 0 Å². The summed E-state index contributed by atoms with van der Waals surface area (Å²) >= 11 is 0. The molecule has 0 saturated carbocycles. The smallest absolute Gasteiger partial charge is 0.330 e. The lowest BCUT2D eigenvalue weighted by molar-refractivity contribution is -0.342. The summed E-state index contributed by atoms with van der Waals surface area (Å²) in [6.07, 6.45) is -20.5. The fraction of sp³-hybridized carbons (Fsp3) is 1.00. The van der Waals surface area contributed by atoms with Gasteiger partial charge >= 0.3 is 7.60 Å². The van der Waals surface area contributed by atoms with Crippen LogP contribution in [0.25, 0.3) is 0 Å². The van der Waals surface area contributed by atoms with E-state index in [4.69, 9.17) is 42.4 Å². The average Bonchev–Trinajstić information content (AvgIpc) is 3.12. The van der Waals surface area contributed by atoms with Gasteiger partial charge in [0.05, 0.1) is 37.7 Å². The van der Waals surface area contributed by atoms with E-state index in [9.17, 15) is 55.4 Å². The monoisotopic (exact) mass is 824 g/mol. The van der Waals surface area contributed by atoms with E-state index in [-0.39, 0.29) is 32.0 Å². The van der Waals surface area contributed by atoms with E-state index in [1.54, 1.807) is 13.8 Å². The number of aliphatic hydroxyl groups excluding tert-OH is 9. The Bertz CT molecular complexity index is 1130. The van der Waals surface area contributed by atoms with Crippen molar-refractivity contribution in [1.29, 1.82) is 0 Å². The lowest BCUT2D eigenvalue weighted by Crippen LogP contribution is -2.62. The van der Waals surface area contributed by atoms with Crippen molar-refractivity contribution >= 4 is 7.60 Å². The summed E-state index contributed by atoms with van der Waals surface area (Å²) in [5.74, 6) is 0. The number of ether oxygens (including phenoxy) is 8. The third kappa shape index (κ3) is 14.9. The minimum Gasteiger partial charge on any atom is -0.387 e. The standard InChI is InChI=1S/C34H65O20P/c1-18(2)55(44,45)51-14-10-9-11-46-15-19-22(35)25(38)29(42)32(52-19)48-17-21-24(37)27(40)30(43)33(54-21)49-16-20-23(36)26(39)28(41)31(53-20)47-12-7-6-8-13-50-34(3,4)5/h18-33,35-43H,6-17H2,1-5H3,(H,44,45). The van der Waals surface area contributed by atoms with E-state index in [0.29, 0.717) is 25.9 Å². The SMILES string of the molecule is CC(C)P(=O)(O)OCCCCOCC1OC(OCC2OC(OCC3OC(OCCCCCOC(C)(C)C)C(O)C(O)C3O)C(O)C(O)C2O)C(O)C(O)C1O. The predicted molar refractivity (Wildman–Crippen MR) is 188 cm³/mol. The van der Waals surface area contributed by atoms with Crippen LogP contribution in [0, 0.1) is 0 Å². The second kappa shape index (κ2) is 22.7. The second-order valence-corrected chi connectivity index (χ2v) is 17.8. The van der Waals surface area contributed by atoms with Crippen molar-refractivity contribution in [1.82, 2.24) is 0 Å². The molecular weight excluding hydrogens is 759 g/mol. The molecule has 16 atom stereocenters. The van der Waals surface area contributed by atoms with E-state index < -0.39 is 119 Å². The van der Waals surface area contributed by atoms with Crippen LogP contribution in [-0.2, 0) is 47.0 Å². The molecule has 3 rings (SSSR count). The van der Waals surface area contributed by atoms with Crippen molar-refractivity contribution < 1.29 is 97.8 Å². The van der Waals surface area contributed by atoms with Crippen molar-refractivity contribution in [2.75, 3.05) is 46.2 Å². The summed E-state index contributed by atoms with van der Waals surface area (Å²) in [7, 11) is -3.68. The minimum atomic E-state index is -3.68. The predicted octanol–water partition coefficient (Wildman–Crippen LogP) is -2.15. The number of unbranched alkanes of at least 4 members (excludes halogenated alkanes) is 3. The number of rotatable bonds is 22. The van der Waals surface area contributed by atoms with Crippen molar-refractivity contribution in [3.05, 3.63) is 0 Å². The summed E-state index contributed by atoms with van der Waals surface area (Å²) in [6, 6.07) is 0. The highest BCUT2D eigenvalue weighted by Gasteiger charge is 2.49. The maximum absolute atomic E-state index is 11.9. The van der Waals surface area contributed by atoms with E-state index in [2.05, 4.69) is 0 Å². The third-order valence-corrected chi connectivity index (χ3v) is 11.2. The highest BCUT2D eigenvalue weighted by Crippen LogP contribution is 2.47. The molecule has 0 aromatic heterocycles. The zero-order chi connectivity index (χ0) is 41.1. The molecule has 3 saturated heterocycles. The van der Waals surface area contributed by atoms with Gasteiger partial charge in [-0.3, -0.25) is 4.57 Å². The van der Waals surface area contributed by atoms with Gasteiger partial charge in [0, 0.05) is 19.8 Å². The molecule has 21 heteroatoms. The highest BCUT2D eigenvalue weighted by molar-refractivity contribution is 7.53. The topological polar surface area (TPSA) is 302 Å². The normalized spacial score (nSPS) is 38.7. The fourth-order valence-electron chi connectivity index (χ4n) is 5.76. The fourth-order valence-corrected chi connectivity index (χ4v) is 6.45. The van der Waals surface area contributed by atoms with Crippen LogP contribution >= 0.6 is 7.60 Å². The van der Waals surface area contributed by atoms with Gasteiger partial charge in [-0.1, -0.05) is 13.8 Å². The van der Waals surface area contributed by atoms with E-state index in [0.717, 1.165) is 12.8 Å². The molecule has 16 unspecified atom stereocenters. The summed E-state index contributed by atoms with van der Waals surface area (Å²) in [5.41, 5.74) is -0.779. The first-order chi connectivity index (χ1) is 25.7. The molecule has 55 heavy (non-hydrogen) atoms. The molecule has 0 aliphatic carbocycles. The number of hydrogen-bond acceptors (Lipinski definition) is 19. The molecule has 0 aromatic rings.